The molecule has 12 rings (SSSR count). The van der Waals surface area contributed by atoms with Gasteiger partial charge in [-0.1, -0.05) is 74.5 Å². The molecule has 0 saturated carbocycles. The van der Waals surface area contributed by atoms with Gasteiger partial charge in [-0.2, -0.15) is 0 Å². The van der Waals surface area contributed by atoms with Gasteiger partial charge < -0.3 is 28.7 Å². The molecule has 0 aliphatic carbocycles. The summed E-state index contributed by atoms with van der Waals surface area (Å²) in [6, 6.07) is 50.3. The number of nitrogens with zero attached hydrogens (tertiary/aromatic N) is 4. The first-order chi connectivity index (χ1) is 36.8. The number of esters is 2. The Hall–Kier alpha value is -9.16. The van der Waals surface area contributed by atoms with E-state index < -0.39 is 28.6 Å². The minimum absolute atomic E-state index is 0.203. The van der Waals surface area contributed by atoms with E-state index in [2.05, 4.69) is 13.8 Å². The fourth-order valence-electron chi connectivity index (χ4n) is 11.8. The lowest BCUT2D eigenvalue weighted by Crippen LogP contribution is -2.34. The molecule has 2 amide bonds. The van der Waals surface area contributed by atoms with E-state index in [1.807, 2.05) is 197 Å². The molecule has 12 heteroatoms. The first kappa shape index (κ1) is 48.8. The van der Waals surface area contributed by atoms with Gasteiger partial charge in [0.25, 0.3) is 0 Å². The molecular formula is C65H56N4O8. The lowest BCUT2D eigenvalue weighted by atomic mass is 9.77. The van der Waals surface area contributed by atoms with E-state index in [0.29, 0.717) is 90.3 Å². The van der Waals surface area contributed by atoms with E-state index in [1.54, 1.807) is 21.9 Å². The monoisotopic (exact) mass is 1020 g/mol. The van der Waals surface area contributed by atoms with Crippen LogP contribution in [-0.2, 0) is 35.7 Å². The predicted molar refractivity (Wildman–Crippen MR) is 298 cm³/mol. The second-order valence-corrected chi connectivity index (χ2v) is 21.3. The first-order valence-electron chi connectivity index (χ1n) is 25.6. The van der Waals surface area contributed by atoms with Crippen LogP contribution >= 0.6 is 0 Å². The van der Waals surface area contributed by atoms with Gasteiger partial charge in [-0.05, 0) is 121 Å². The Balaban J connectivity index is 0.871. The van der Waals surface area contributed by atoms with Gasteiger partial charge in [0.15, 0.2) is 11.2 Å². The summed E-state index contributed by atoms with van der Waals surface area (Å²) in [6.07, 6.45) is 0. The van der Waals surface area contributed by atoms with Crippen molar-refractivity contribution in [3.05, 3.63) is 224 Å². The average molecular weight is 1020 g/mol. The van der Waals surface area contributed by atoms with Gasteiger partial charge in [0.1, 0.15) is 23.0 Å². The summed E-state index contributed by atoms with van der Waals surface area (Å²) in [6.45, 7) is 11.2. The standard InChI is InChI=1S/C65H56N4O8/c1-37-31-57-53(64(49-17-13-11-15-47(49)61(72)76-64)51-29-27-45(66(7)8)33-59(51)74-57)35-55(37)68(39(3)70)43-23-19-41(20-24-43)63(5,6)42-21-25-44(26-22-42)69(40(4)71)56-36-54-58(32-38(56)2)75-60-34-46(67(9)10)28-30-52(60)65(54)50-18-14-12-16-48(50)62(73)77-65/h11-36H,1-10H3. The zero-order valence-electron chi connectivity index (χ0n) is 44.6. The average Bonchev–Trinajstić information content (AvgIpc) is 4.01. The molecule has 77 heavy (non-hydrogen) atoms. The largest absolute Gasteiger partial charge is 0.456 e. The molecule has 12 nitrogen and oxygen atoms in total. The molecule has 8 aromatic carbocycles. The van der Waals surface area contributed by atoms with E-state index in [1.165, 1.54) is 13.8 Å². The SMILES string of the molecule is CC(=O)N(c1ccc(C(C)(C)c2ccc(N(C(C)=O)c3cc4c(cc3C)Oc3cc(N(C)C)ccc3C43OC(=O)c4ccccc43)cc2)cc1)c1cc2c(cc1C)Oc1cc(N(C)C)ccc1C21OC(=O)c2ccccc21. The number of fused-ring (bicyclic) bond motifs is 12. The Morgan fingerprint density at radius 2 is 0.779 bits per heavy atom. The van der Waals surface area contributed by atoms with Crippen LogP contribution in [0.3, 0.4) is 0 Å². The number of ether oxygens (including phenoxy) is 4. The fraction of sp³-hybridized carbons (Fsp3) is 0.200. The van der Waals surface area contributed by atoms with Crippen molar-refractivity contribution < 1.29 is 38.1 Å². The van der Waals surface area contributed by atoms with Crippen LogP contribution in [0, 0.1) is 13.8 Å². The highest BCUT2D eigenvalue weighted by Gasteiger charge is 2.55. The molecule has 2 atom stereocenters. The Labute approximate surface area is 447 Å². The number of rotatable bonds is 8. The second kappa shape index (κ2) is 17.5. The number of anilines is 6. The van der Waals surface area contributed by atoms with Gasteiger partial charge in [-0.3, -0.25) is 19.4 Å². The lowest BCUT2D eigenvalue weighted by molar-refractivity contribution is -0.116. The molecule has 4 heterocycles. The Morgan fingerprint density at radius 1 is 0.429 bits per heavy atom. The van der Waals surface area contributed by atoms with Gasteiger partial charge in [-0.25, -0.2) is 9.59 Å². The number of carbonyl (C=O) groups excluding carboxylic acids is 4. The number of aryl methyl sites for hydroxylation is 2. The number of carbonyl (C=O) groups is 4. The van der Waals surface area contributed by atoms with Crippen LogP contribution in [0.5, 0.6) is 23.0 Å². The van der Waals surface area contributed by atoms with E-state index in [9.17, 15) is 19.2 Å². The molecule has 8 aromatic rings. The summed E-state index contributed by atoms with van der Waals surface area (Å²) in [7, 11) is 7.84. The summed E-state index contributed by atoms with van der Waals surface area (Å²) >= 11 is 0. The van der Waals surface area contributed by atoms with Gasteiger partial charge in [-0.15, -0.1) is 0 Å². The summed E-state index contributed by atoms with van der Waals surface area (Å²) in [4.78, 5) is 62.6. The maximum atomic E-state index is 13.9. The second-order valence-electron chi connectivity index (χ2n) is 21.3. The van der Waals surface area contributed by atoms with Crippen molar-refractivity contribution in [2.45, 2.75) is 58.2 Å². The summed E-state index contributed by atoms with van der Waals surface area (Å²) in [5.41, 5.74) is 9.82. The molecule has 0 saturated heterocycles. The van der Waals surface area contributed by atoms with Crippen LogP contribution in [0.2, 0.25) is 0 Å². The van der Waals surface area contributed by atoms with Crippen molar-refractivity contribution in [3.63, 3.8) is 0 Å². The number of hydrogen-bond donors (Lipinski definition) is 0. The molecule has 2 unspecified atom stereocenters. The molecule has 0 fully saturated rings. The Morgan fingerprint density at radius 3 is 1.14 bits per heavy atom. The minimum atomic E-state index is -1.32. The third kappa shape index (κ3) is 7.25. The van der Waals surface area contributed by atoms with E-state index in [4.69, 9.17) is 18.9 Å². The fourth-order valence-corrected chi connectivity index (χ4v) is 11.8. The van der Waals surface area contributed by atoms with Crippen molar-refractivity contribution in [1.82, 2.24) is 0 Å². The predicted octanol–water partition coefficient (Wildman–Crippen LogP) is 13.3. The van der Waals surface area contributed by atoms with Crippen molar-refractivity contribution in [2.24, 2.45) is 0 Å². The molecule has 4 aliphatic heterocycles. The highest BCUT2D eigenvalue weighted by atomic mass is 16.6. The van der Waals surface area contributed by atoms with Crippen LogP contribution in [0.15, 0.2) is 158 Å². The van der Waals surface area contributed by atoms with Crippen LogP contribution in [0.4, 0.5) is 34.1 Å². The quantitative estimate of drug-likeness (QED) is 0.136. The van der Waals surface area contributed by atoms with E-state index in [-0.39, 0.29) is 11.8 Å². The van der Waals surface area contributed by atoms with Crippen molar-refractivity contribution in [1.29, 1.82) is 0 Å². The first-order valence-corrected chi connectivity index (χ1v) is 25.6. The number of hydrogen-bond acceptors (Lipinski definition) is 10. The van der Waals surface area contributed by atoms with Gasteiger partial charge in [0.05, 0.1) is 22.5 Å². The number of amides is 2. The van der Waals surface area contributed by atoms with Crippen LogP contribution in [0.25, 0.3) is 0 Å². The van der Waals surface area contributed by atoms with Crippen molar-refractivity contribution in [2.75, 3.05) is 47.8 Å². The molecular weight excluding hydrogens is 965 g/mol. The van der Waals surface area contributed by atoms with E-state index in [0.717, 1.165) is 33.6 Å². The lowest BCUT2D eigenvalue weighted by Gasteiger charge is -2.38. The van der Waals surface area contributed by atoms with Gasteiger partial charge >= 0.3 is 11.9 Å². The van der Waals surface area contributed by atoms with Crippen molar-refractivity contribution in [3.8, 4) is 23.0 Å². The van der Waals surface area contributed by atoms with E-state index >= 15 is 0 Å². The normalized spacial score (nSPS) is 17.1. The molecule has 0 radical (unpaired) electrons. The maximum absolute atomic E-state index is 13.9. The molecule has 0 aromatic heterocycles. The van der Waals surface area contributed by atoms with Crippen LogP contribution in [-0.4, -0.2) is 51.9 Å². The minimum Gasteiger partial charge on any atom is -0.456 e. The highest BCUT2D eigenvalue weighted by Crippen LogP contribution is 2.60. The van der Waals surface area contributed by atoms with Gasteiger partial charge in [0, 0.05) is 116 Å². The topological polar surface area (TPSA) is 118 Å². The zero-order valence-corrected chi connectivity index (χ0v) is 44.6. The highest BCUT2D eigenvalue weighted by molar-refractivity contribution is 6.03. The third-order valence-corrected chi connectivity index (χ3v) is 15.9. The molecule has 4 aliphatic rings. The zero-order chi connectivity index (χ0) is 54.0. The Bertz CT molecular complexity index is 3600. The third-order valence-electron chi connectivity index (χ3n) is 15.9. The van der Waals surface area contributed by atoms with Gasteiger partial charge in [0.2, 0.25) is 11.8 Å². The molecule has 0 N–H and O–H groups in total. The molecule has 2 spiro atoms. The van der Waals surface area contributed by atoms with Crippen LogP contribution < -0.4 is 29.1 Å². The smallest absolute Gasteiger partial charge is 0.340 e. The summed E-state index contributed by atoms with van der Waals surface area (Å²) < 4.78 is 26.3. The molecule has 0 bridgehead atoms. The van der Waals surface area contributed by atoms with Crippen molar-refractivity contribution >= 4 is 57.9 Å². The number of benzene rings is 8. The summed E-state index contributed by atoms with van der Waals surface area (Å²) in [5.74, 6) is 0.953. The maximum Gasteiger partial charge on any atom is 0.340 e. The van der Waals surface area contributed by atoms with Crippen LogP contribution in [0.1, 0.15) is 104 Å². The Kier molecular flexibility index (Phi) is 11.1. The summed E-state index contributed by atoms with van der Waals surface area (Å²) in [5, 5.41) is 0. The molecule has 384 valence electrons.